The lowest BCUT2D eigenvalue weighted by atomic mass is 10.1. The molecule has 6 heteroatoms. The number of H-pyrrole nitrogens is 1. The van der Waals surface area contributed by atoms with Crippen LogP contribution in [0.25, 0.3) is 0 Å². The third-order valence-electron chi connectivity index (χ3n) is 2.73. The summed E-state index contributed by atoms with van der Waals surface area (Å²) in [4.78, 5) is 17.7. The number of nitrogens with two attached hydrogens (primary N) is 1. The highest BCUT2D eigenvalue weighted by atomic mass is 35.5. The fourth-order valence-corrected chi connectivity index (χ4v) is 1.75. The Labute approximate surface area is 109 Å². The van der Waals surface area contributed by atoms with Gasteiger partial charge < -0.3 is 16.0 Å². The first-order valence-corrected chi connectivity index (χ1v) is 5.78. The van der Waals surface area contributed by atoms with Crippen LogP contribution in [-0.4, -0.2) is 9.97 Å². The molecule has 0 aliphatic carbocycles. The van der Waals surface area contributed by atoms with Gasteiger partial charge in [0.25, 0.3) is 5.56 Å². The van der Waals surface area contributed by atoms with Crippen molar-refractivity contribution < 1.29 is 0 Å². The van der Waals surface area contributed by atoms with E-state index in [9.17, 15) is 4.79 Å². The van der Waals surface area contributed by atoms with Gasteiger partial charge in [0.2, 0.25) is 0 Å². The summed E-state index contributed by atoms with van der Waals surface area (Å²) in [7, 11) is 0. The number of hydrogen-bond donors (Lipinski definition) is 3. The molecule has 0 fully saturated rings. The maximum atomic E-state index is 11.3. The van der Waals surface area contributed by atoms with Crippen LogP contribution in [0.5, 0.6) is 0 Å². The molecule has 0 saturated carbocycles. The van der Waals surface area contributed by atoms with Gasteiger partial charge in [0.15, 0.2) is 5.82 Å². The molecule has 4 N–H and O–H groups in total. The number of anilines is 2. The third kappa shape index (κ3) is 2.46. The molecule has 0 aliphatic rings. The van der Waals surface area contributed by atoms with Gasteiger partial charge in [0.1, 0.15) is 5.02 Å². The lowest BCUT2D eigenvalue weighted by Crippen LogP contribution is -2.12. The topological polar surface area (TPSA) is 83.8 Å². The highest BCUT2D eigenvalue weighted by molar-refractivity contribution is 6.32. The molecule has 0 saturated heterocycles. The van der Waals surface area contributed by atoms with Crippen LogP contribution in [0.3, 0.4) is 0 Å². The molecular formula is C12H13ClN4O. The van der Waals surface area contributed by atoms with Gasteiger partial charge in [-0.05, 0) is 24.1 Å². The van der Waals surface area contributed by atoms with Crippen molar-refractivity contribution in [1.29, 1.82) is 0 Å². The first kappa shape index (κ1) is 12.4. The first-order chi connectivity index (χ1) is 8.59. The van der Waals surface area contributed by atoms with Gasteiger partial charge in [-0.2, -0.15) is 0 Å². The molecule has 94 valence electrons. The van der Waals surface area contributed by atoms with Crippen molar-refractivity contribution in [3.8, 4) is 0 Å². The Morgan fingerprint density at radius 3 is 3.06 bits per heavy atom. The van der Waals surface area contributed by atoms with Gasteiger partial charge in [-0.3, -0.25) is 4.79 Å². The number of aromatic nitrogens is 2. The predicted molar refractivity (Wildman–Crippen MR) is 72.8 cm³/mol. The normalized spacial score (nSPS) is 10.3. The summed E-state index contributed by atoms with van der Waals surface area (Å²) in [5.41, 5.74) is 8.23. The van der Waals surface area contributed by atoms with Crippen molar-refractivity contribution >= 4 is 23.1 Å². The number of nitrogens with zero attached hydrogens (tertiary/aromatic N) is 1. The van der Waals surface area contributed by atoms with Crippen LogP contribution < -0.4 is 16.6 Å². The quantitative estimate of drug-likeness (QED) is 0.740. The van der Waals surface area contributed by atoms with Gasteiger partial charge in [-0.15, -0.1) is 0 Å². The van der Waals surface area contributed by atoms with E-state index in [-0.39, 0.29) is 10.6 Å². The van der Waals surface area contributed by atoms with Crippen molar-refractivity contribution in [2.24, 2.45) is 0 Å². The van der Waals surface area contributed by atoms with Crippen molar-refractivity contribution in [3.63, 3.8) is 0 Å². The zero-order valence-electron chi connectivity index (χ0n) is 9.83. The minimum atomic E-state index is -0.363. The second-order valence-electron chi connectivity index (χ2n) is 3.88. The van der Waals surface area contributed by atoms with Gasteiger partial charge in [-0.25, -0.2) is 4.98 Å². The standard InChI is InChI=1S/C12H13ClN4O/c1-7-8(3-2-4-9(7)14)5-15-11-10(13)12(18)17-6-16-11/h2-4,6H,5,14H2,1H3,(H2,15,16,17,18). The van der Waals surface area contributed by atoms with E-state index in [1.54, 1.807) is 0 Å². The molecule has 0 bridgehead atoms. The highest BCUT2D eigenvalue weighted by Crippen LogP contribution is 2.18. The summed E-state index contributed by atoms with van der Waals surface area (Å²) in [6.45, 7) is 2.45. The summed E-state index contributed by atoms with van der Waals surface area (Å²) in [6.07, 6.45) is 1.31. The zero-order chi connectivity index (χ0) is 13.1. The third-order valence-corrected chi connectivity index (χ3v) is 3.08. The fourth-order valence-electron chi connectivity index (χ4n) is 1.58. The van der Waals surface area contributed by atoms with E-state index in [1.165, 1.54) is 6.33 Å². The van der Waals surface area contributed by atoms with Gasteiger partial charge in [-0.1, -0.05) is 23.7 Å². The van der Waals surface area contributed by atoms with Crippen LogP contribution in [0.15, 0.2) is 29.3 Å². The SMILES string of the molecule is Cc1c(N)cccc1CNc1nc[nH]c(=O)c1Cl. The summed E-state index contributed by atoms with van der Waals surface area (Å²) >= 11 is 5.84. The van der Waals surface area contributed by atoms with E-state index in [0.29, 0.717) is 12.4 Å². The summed E-state index contributed by atoms with van der Waals surface area (Å²) in [5.74, 6) is 0.363. The number of nitrogen functional groups attached to an aromatic ring is 1. The maximum Gasteiger partial charge on any atom is 0.271 e. The van der Waals surface area contributed by atoms with Crippen molar-refractivity contribution in [1.82, 2.24) is 9.97 Å². The monoisotopic (exact) mass is 264 g/mol. The number of nitrogens with one attached hydrogen (secondary N) is 2. The molecule has 1 aromatic carbocycles. The highest BCUT2D eigenvalue weighted by Gasteiger charge is 2.06. The average Bonchev–Trinajstić information content (AvgIpc) is 2.36. The van der Waals surface area contributed by atoms with Gasteiger partial charge in [0, 0.05) is 12.2 Å². The fraction of sp³-hybridized carbons (Fsp3) is 0.167. The molecule has 0 aliphatic heterocycles. The smallest absolute Gasteiger partial charge is 0.271 e. The van der Waals surface area contributed by atoms with Gasteiger partial charge >= 0.3 is 0 Å². The molecule has 0 atom stereocenters. The lowest BCUT2D eigenvalue weighted by Gasteiger charge is -2.10. The van der Waals surface area contributed by atoms with Crippen LogP contribution in [-0.2, 0) is 6.54 Å². The Bertz CT molecular complexity index is 624. The molecule has 1 heterocycles. The minimum absolute atomic E-state index is 0.0547. The second kappa shape index (κ2) is 5.10. The Morgan fingerprint density at radius 2 is 2.28 bits per heavy atom. The van der Waals surface area contributed by atoms with E-state index in [0.717, 1.165) is 16.8 Å². The second-order valence-corrected chi connectivity index (χ2v) is 4.26. The molecule has 0 unspecified atom stereocenters. The Morgan fingerprint density at radius 1 is 1.50 bits per heavy atom. The average molecular weight is 265 g/mol. The van der Waals surface area contributed by atoms with Crippen LogP contribution in [0, 0.1) is 6.92 Å². The van der Waals surface area contributed by atoms with Crippen molar-refractivity contribution in [2.75, 3.05) is 11.1 Å². The van der Waals surface area contributed by atoms with Crippen LogP contribution in [0.2, 0.25) is 5.02 Å². The molecule has 18 heavy (non-hydrogen) atoms. The number of benzene rings is 1. The maximum absolute atomic E-state index is 11.3. The first-order valence-electron chi connectivity index (χ1n) is 5.40. The molecule has 2 rings (SSSR count). The number of halogens is 1. The summed E-state index contributed by atoms with van der Waals surface area (Å²) < 4.78 is 0. The summed E-state index contributed by atoms with van der Waals surface area (Å²) in [6, 6.07) is 5.68. The van der Waals surface area contributed by atoms with Crippen LogP contribution in [0.1, 0.15) is 11.1 Å². The predicted octanol–water partition coefficient (Wildman–Crippen LogP) is 1.93. The molecule has 5 nitrogen and oxygen atoms in total. The Hall–Kier alpha value is -2.01. The number of rotatable bonds is 3. The molecule has 2 aromatic rings. The van der Waals surface area contributed by atoms with Crippen LogP contribution >= 0.6 is 11.6 Å². The molecule has 0 spiro atoms. The largest absolute Gasteiger partial charge is 0.399 e. The van der Waals surface area contributed by atoms with E-state index in [1.807, 2.05) is 25.1 Å². The van der Waals surface area contributed by atoms with E-state index in [2.05, 4.69) is 15.3 Å². The van der Waals surface area contributed by atoms with E-state index in [4.69, 9.17) is 17.3 Å². The van der Waals surface area contributed by atoms with Crippen LogP contribution in [0.4, 0.5) is 11.5 Å². The zero-order valence-corrected chi connectivity index (χ0v) is 10.6. The van der Waals surface area contributed by atoms with E-state index < -0.39 is 0 Å². The Balaban J connectivity index is 2.19. The molecule has 0 amide bonds. The molecular weight excluding hydrogens is 252 g/mol. The lowest BCUT2D eigenvalue weighted by molar-refractivity contribution is 1.05. The molecule has 0 radical (unpaired) electrons. The summed E-state index contributed by atoms with van der Waals surface area (Å²) in [5, 5.41) is 3.07. The van der Waals surface area contributed by atoms with Crippen molar-refractivity contribution in [3.05, 3.63) is 51.0 Å². The van der Waals surface area contributed by atoms with E-state index >= 15 is 0 Å². The number of hydrogen-bond acceptors (Lipinski definition) is 4. The van der Waals surface area contributed by atoms with Crippen molar-refractivity contribution in [2.45, 2.75) is 13.5 Å². The number of aromatic amines is 1. The van der Waals surface area contributed by atoms with Gasteiger partial charge in [0.05, 0.1) is 6.33 Å². The minimum Gasteiger partial charge on any atom is -0.399 e. The Kier molecular flexibility index (Phi) is 3.53. The molecule has 1 aromatic heterocycles.